The zero-order chi connectivity index (χ0) is 15.7. The lowest BCUT2D eigenvalue weighted by Crippen LogP contribution is -2.56. The zero-order valence-electron chi connectivity index (χ0n) is 13.4. The highest BCUT2D eigenvalue weighted by molar-refractivity contribution is 5.29. The van der Waals surface area contributed by atoms with Gasteiger partial charge in [-0.1, -0.05) is 19.9 Å². The molecule has 120 valence electrons. The summed E-state index contributed by atoms with van der Waals surface area (Å²) in [6, 6.07) is 0. The summed E-state index contributed by atoms with van der Waals surface area (Å²) in [5.41, 5.74) is -0.141. The Hall–Kier alpha value is -1.22. The molecule has 7 atom stereocenters. The molecule has 3 nitrogen and oxygen atoms in total. The van der Waals surface area contributed by atoms with Crippen LogP contribution in [0.25, 0.3) is 0 Å². The van der Waals surface area contributed by atoms with Gasteiger partial charge in [-0.2, -0.15) is 0 Å². The Kier molecular flexibility index (Phi) is 2.88. The van der Waals surface area contributed by atoms with E-state index >= 15 is 0 Å². The van der Waals surface area contributed by atoms with E-state index in [0.29, 0.717) is 29.8 Å². The summed E-state index contributed by atoms with van der Waals surface area (Å²) in [5.74, 6) is 2.06. The molecule has 4 aliphatic carbocycles. The van der Waals surface area contributed by atoms with Crippen molar-refractivity contribution in [2.75, 3.05) is 0 Å². The number of allylic oxidation sites excluding steroid dienone is 5. The summed E-state index contributed by atoms with van der Waals surface area (Å²) in [6.45, 7) is 4.45. The lowest BCUT2D eigenvalue weighted by molar-refractivity contribution is -0.123. The van der Waals surface area contributed by atoms with Crippen molar-refractivity contribution in [3.8, 4) is 0 Å². The van der Waals surface area contributed by atoms with Gasteiger partial charge in [-0.3, -0.25) is 0 Å². The summed E-state index contributed by atoms with van der Waals surface area (Å²) in [6.07, 6.45) is 11.1. The summed E-state index contributed by atoms with van der Waals surface area (Å²) in [4.78, 5) is 0. The maximum Gasteiger partial charge on any atom is 0.111 e. The Morgan fingerprint density at radius 1 is 1.18 bits per heavy atom. The average Bonchev–Trinajstić information content (AvgIpc) is 2.77. The van der Waals surface area contributed by atoms with E-state index in [2.05, 4.69) is 19.9 Å². The van der Waals surface area contributed by atoms with Crippen LogP contribution in [0.3, 0.4) is 0 Å². The van der Waals surface area contributed by atoms with Crippen molar-refractivity contribution in [2.45, 2.75) is 45.6 Å². The second-order valence-electron chi connectivity index (χ2n) is 8.27. The number of fused-ring (bicyclic) bond motifs is 5. The van der Waals surface area contributed by atoms with Crippen LogP contribution in [0.15, 0.2) is 35.8 Å². The van der Waals surface area contributed by atoms with Gasteiger partial charge in [-0.25, -0.2) is 0 Å². The first-order chi connectivity index (χ1) is 10.4. The molecule has 0 bridgehead atoms. The molecule has 0 heterocycles. The Morgan fingerprint density at radius 2 is 1.95 bits per heavy atom. The van der Waals surface area contributed by atoms with E-state index < -0.39 is 0 Å². The number of aliphatic hydroxyl groups is 3. The molecule has 0 amide bonds. The van der Waals surface area contributed by atoms with Crippen LogP contribution in [0.2, 0.25) is 0 Å². The monoisotopic (exact) mass is 302 g/mol. The number of rotatable bonds is 0. The standard InChI is InChI=1S/C19H26O3/c1-18-7-5-12(20)9-11(18)10-15(21)17-13-3-4-16(22)19(13,2)8-6-14(17)18/h4-5,7,9,11,13-15,17,20-22H,3,6,8,10H2,1-2H3/t11?,13-,14+,15?,17-,18-,19-/m0/s1. The predicted molar refractivity (Wildman–Crippen MR) is 85.2 cm³/mol. The first-order valence-corrected chi connectivity index (χ1v) is 8.54. The van der Waals surface area contributed by atoms with E-state index in [0.717, 1.165) is 19.3 Å². The third kappa shape index (κ3) is 1.66. The molecule has 0 spiro atoms. The first kappa shape index (κ1) is 14.4. The molecular weight excluding hydrogens is 276 g/mol. The van der Waals surface area contributed by atoms with Gasteiger partial charge in [0, 0.05) is 5.41 Å². The highest BCUT2D eigenvalue weighted by atomic mass is 16.3. The lowest BCUT2D eigenvalue weighted by atomic mass is 9.46. The predicted octanol–water partition coefficient (Wildman–Crippen LogP) is 3.88. The van der Waals surface area contributed by atoms with E-state index in [1.165, 1.54) is 0 Å². The highest BCUT2D eigenvalue weighted by Crippen LogP contribution is 2.64. The van der Waals surface area contributed by atoms with Crippen molar-refractivity contribution in [3.05, 3.63) is 35.8 Å². The molecule has 2 fully saturated rings. The van der Waals surface area contributed by atoms with Gasteiger partial charge in [0.05, 0.1) is 11.9 Å². The molecule has 3 N–H and O–H groups in total. The minimum atomic E-state index is -0.345. The van der Waals surface area contributed by atoms with Crippen LogP contribution in [0.1, 0.15) is 39.5 Å². The van der Waals surface area contributed by atoms with Crippen molar-refractivity contribution < 1.29 is 15.3 Å². The van der Waals surface area contributed by atoms with E-state index in [1.54, 1.807) is 0 Å². The van der Waals surface area contributed by atoms with Crippen molar-refractivity contribution >= 4 is 0 Å². The van der Waals surface area contributed by atoms with Gasteiger partial charge in [-0.05, 0) is 73.0 Å². The topological polar surface area (TPSA) is 60.7 Å². The molecule has 2 saturated carbocycles. The molecule has 0 saturated heterocycles. The number of hydrogen-bond donors (Lipinski definition) is 3. The molecule has 0 aliphatic heterocycles. The van der Waals surface area contributed by atoms with Crippen molar-refractivity contribution in [1.82, 2.24) is 0 Å². The van der Waals surface area contributed by atoms with Gasteiger partial charge in [0.25, 0.3) is 0 Å². The van der Waals surface area contributed by atoms with Crippen LogP contribution in [0.4, 0.5) is 0 Å². The molecule has 22 heavy (non-hydrogen) atoms. The Balaban J connectivity index is 1.73. The Labute approximate surface area is 132 Å². The van der Waals surface area contributed by atoms with Crippen LogP contribution in [0.5, 0.6) is 0 Å². The van der Waals surface area contributed by atoms with Gasteiger partial charge in [-0.15, -0.1) is 0 Å². The van der Waals surface area contributed by atoms with Crippen LogP contribution >= 0.6 is 0 Å². The maximum absolute atomic E-state index is 10.9. The third-order valence-corrected chi connectivity index (χ3v) is 7.40. The molecule has 4 aliphatic rings. The second-order valence-corrected chi connectivity index (χ2v) is 8.27. The number of hydrogen-bond acceptors (Lipinski definition) is 3. The largest absolute Gasteiger partial charge is 0.512 e. The molecule has 2 unspecified atom stereocenters. The Bertz CT molecular complexity index is 589. The summed E-state index contributed by atoms with van der Waals surface area (Å²) < 4.78 is 0. The van der Waals surface area contributed by atoms with Gasteiger partial charge in [0.15, 0.2) is 0 Å². The van der Waals surface area contributed by atoms with Crippen LogP contribution in [-0.2, 0) is 0 Å². The fraction of sp³-hybridized carbons (Fsp3) is 0.684. The van der Waals surface area contributed by atoms with Crippen molar-refractivity contribution in [1.29, 1.82) is 0 Å². The van der Waals surface area contributed by atoms with Gasteiger partial charge >= 0.3 is 0 Å². The molecule has 0 aromatic carbocycles. The van der Waals surface area contributed by atoms with E-state index in [9.17, 15) is 15.3 Å². The molecule has 3 heteroatoms. The molecule has 0 radical (unpaired) electrons. The zero-order valence-corrected chi connectivity index (χ0v) is 13.4. The summed E-state index contributed by atoms with van der Waals surface area (Å²) in [7, 11) is 0. The minimum absolute atomic E-state index is 0.00959. The lowest BCUT2D eigenvalue weighted by Gasteiger charge is -2.59. The smallest absolute Gasteiger partial charge is 0.111 e. The SMILES string of the molecule is C[C@]12C=CC(O)=CC1CC(O)[C@@H]1[C@H]2CC[C@]2(C)C(O)=CC[C@@H]12. The molecule has 4 rings (SSSR count). The van der Waals surface area contributed by atoms with Crippen molar-refractivity contribution in [3.63, 3.8) is 0 Å². The maximum atomic E-state index is 10.9. The Morgan fingerprint density at radius 3 is 2.73 bits per heavy atom. The van der Waals surface area contributed by atoms with Crippen molar-refractivity contribution in [2.24, 2.45) is 34.5 Å². The number of aliphatic hydroxyl groups excluding tert-OH is 3. The molecule has 0 aromatic heterocycles. The second kappa shape index (κ2) is 4.41. The highest BCUT2D eigenvalue weighted by Gasteiger charge is 2.60. The fourth-order valence-electron chi connectivity index (χ4n) is 5.98. The first-order valence-electron chi connectivity index (χ1n) is 8.54. The van der Waals surface area contributed by atoms with Crippen LogP contribution < -0.4 is 0 Å². The average molecular weight is 302 g/mol. The summed E-state index contributed by atoms with van der Waals surface area (Å²) >= 11 is 0. The quantitative estimate of drug-likeness (QED) is 0.636. The minimum Gasteiger partial charge on any atom is -0.512 e. The van der Waals surface area contributed by atoms with E-state index in [4.69, 9.17) is 0 Å². The normalized spacial score (nSPS) is 53.1. The molecular formula is C19H26O3. The summed E-state index contributed by atoms with van der Waals surface area (Å²) in [5, 5.41) is 31.0. The third-order valence-electron chi connectivity index (χ3n) is 7.40. The van der Waals surface area contributed by atoms with Crippen LogP contribution in [0, 0.1) is 34.5 Å². The van der Waals surface area contributed by atoms with Gasteiger partial charge in [0.1, 0.15) is 5.76 Å². The fourth-order valence-corrected chi connectivity index (χ4v) is 5.98. The molecule has 0 aromatic rings. The van der Waals surface area contributed by atoms with E-state index in [1.807, 2.05) is 18.2 Å². The van der Waals surface area contributed by atoms with Gasteiger partial charge in [0.2, 0.25) is 0 Å². The van der Waals surface area contributed by atoms with Gasteiger partial charge < -0.3 is 15.3 Å². The van der Waals surface area contributed by atoms with E-state index in [-0.39, 0.29) is 28.8 Å². The van der Waals surface area contributed by atoms with Crippen LogP contribution in [-0.4, -0.2) is 21.4 Å².